The second kappa shape index (κ2) is 9.66. The predicted molar refractivity (Wildman–Crippen MR) is 165 cm³/mol. The van der Waals surface area contributed by atoms with E-state index in [0.29, 0.717) is 0 Å². The fourth-order valence-corrected chi connectivity index (χ4v) is 6.12. The first-order chi connectivity index (χ1) is 18.8. The molecule has 6 aromatic carbocycles. The minimum Gasteiger partial charge on any atom is -0.356 e. The van der Waals surface area contributed by atoms with Gasteiger partial charge in [0.15, 0.2) is 0 Å². The van der Waals surface area contributed by atoms with Crippen LogP contribution in [0.4, 0.5) is 11.4 Å². The molecule has 0 unspecified atom stereocenters. The van der Waals surface area contributed by atoms with E-state index in [0.717, 1.165) is 11.4 Å². The second-order valence-electron chi connectivity index (χ2n) is 9.54. The number of rotatable bonds is 5. The van der Waals surface area contributed by atoms with Crippen LogP contribution in [0.1, 0.15) is 0 Å². The molecule has 1 heterocycles. The summed E-state index contributed by atoms with van der Waals surface area (Å²) in [6.45, 7) is 0. The fraction of sp³-hybridized carbons (Fsp3) is 0. The second-order valence-corrected chi connectivity index (χ2v) is 10.6. The average Bonchev–Trinajstić information content (AvgIpc) is 3.48. The van der Waals surface area contributed by atoms with E-state index >= 15 is 0 Å². The van der Waals surface area contributed by atoms with Crippen molar-refractivity contribution in [1.82, 2.24) is 0 Å². The molecule has 0 aliphatic heterocycles. The first-order valence-corrected chi connectivity index (χ1v) is 13.7. The lowest BCUT2D eigenvalue weighted by molar-refractivity contribution is 1.54. The Morgan fingerprint density at radius 3 is 1.84 bits per heavy atom. The Kier molecular flexibility index (Phi) is 5.73. The normalized spacial score (nSPS) is 11.2. The number of nitrogens with one attached hydrogen (secondary N) is 1. The first kappa shape index (κ1) is 22.5. The summed E-state index contributed by atoms with van der Waals surface area (Å²) < 4.78 is 0. The number of hydrogen-bond donors (Lipinski definition) is 1. The molecule has 0 atom stereocenters. The summed E-state index contributed by atoms with van der Waals surface area (Å²) in [5.74, 6) is 0. The van der Waals surface area contributed by atoms with Gasteiger partial charge in [-0.3, -0.25) is 0 Å². The van der Waals surface area contributed by atoms with Crippen LogP contribution in [0.15, 0.2) is 146 Å². The van der Waals surface area contributed by atoms with E-state index in [2.05, 4.69) is 151 Å². The number of thiophene rings is 1. The molecule has 0 spiro atoms. The third kappa shape index (κ3) is 4.36. The van der Waals surface area contributed by atoms with E-state index in [1.54, 1.807) is 0 Å². The highest BCUT2D eigenvalue weighted by molar-refractivity contribution is 7.18. The Hall–Kier alpha value is -4.66. The van der Waals surface area contributed by atoms with Gasteiger partial charge in [0.25, 0.3) is 0 Å². The van der Waals surface area contributed by atoms with Crippen LogP contribution in [-0.4, -0.2) is 0 Å². The topological polar surface area (TPSA) is 12.0 Å². The molecular formula is C36H25NS. The molecular weight excluding hydrogens is 478 g/mol. The number of hydrogen-bond acceptors (Lipinski definition) is 2. The van der Waals surface area contributed by atoms with Gasteiger partial charge in [0.05, 0.1) is 0 Å². The van der Waals surface area contributed by atoms with Gasteiger partial charge in [-0.15, -0.1) is 11.3 Å². The summed E-state index contributed by atoms with van der Waals surface area (Å²) in [6, 6.07) is 52.1. The molecule has 0 aliphatic rings. The minimum atomic E-state index is 1.08. The van der Waals surface area contributed by atoms with E-state index in [1.165, 1.54) is 53.6 Å². The molecule has 180 valence electrons. The van der Waals surface area contributed by atoms with Gasteiger partial charge in [-0.25, -0.2) is 0 Å². The van der Waals surface area contributed by atoms with Crippen LogP contribution in [0.2, 0.25) is 0 Å². The highest BCUT2D eigenvalue weighted by Gasteiger charge is 2.07. The van der Waals surface area contributed by atoms with Crippen molar-refractivity contribution in [3.63, 3.8) is 0 Å². The van der Waals surface area contributed by atoms with Gasteiger partial charge in [0.2, 0.25) is 0 Å². The fourth-order valence-electron chi connectivity index (χ4n) is 5.10. The van der Waals surface area contributed by atoms with Crippen molar-refractivity contribution < 1.29 is 0 Å². The van der Waals surface area contributed by atoms with Crippen LogP contribution in [0, 0.1) is 0 Å². The zero-order valence-corrected chi connectivity index (χ0v) is 21.6. The summed E-state index contributed by atoms with van der Waals surface area (Å²) in [5, 5.41) is 8.72. The molecule has 0 radical (unpaired) electrons. The molecule has 0 saturated heterocycles. The minimum absolute atomic E-state index is 1.08. The number of anilines is 2. The molecule has 0 aliphatic carbocycles. The van der Waals surface area contributed by atoms with Gasteiger partial charge in [-0.05, 0) is 86.3 Å². The standard InChI is InChI=1S/C36H25NS/c1-2-8-26(9-3-1)35-21-22-36(38-35)27-15-18-31(19-16-27)37-32-11-6-10-28(24-32)29-17-20-34-30(23-29)14-13-25-7-4-5-12-33(25)34/h1-24,37H. The third-order valence-corrected chi connectivity index (χ3v) is 8.25. The molecule has 1 nitrogen and oxygen atoms in total. The molecule has 7 aromatic rings. The van der Waals surface area contributed by atoms with Crippen molar-refractivity contribution in [1.29, 1.82) is 0 Å². The maximum atomic E-state index is 3.59. The quantitative estimate of drug-likeness (QED) is 0.230. The Balaban J connectivity index is 1.12. The largest absolute Gasteiger partial charge is 0.356 e. The van der Waals surface area contributed by atoms with Gasteiger partial charge in [-0.2, -0.15) is 0 Å². The summed E-state index contributed by atoms with van der Waals surface area (Å²) in [7, 11) is 0. The lowest BCUT2D eigenvalue weighted by atomic mass is 9.97. The monoisotopic (exact) mass is 503 g/mol. The highest BCUT2D eigenvalue weighted by atomic mass is 32.1. The zero-order valence-electron chi connectivity index (χ0n) is 20.8. The molecule has 38 heavy (non-hydrogen) atoms. The zero-order chi connectivity index (χ0) is 25.3. The SMILES string of the molecule is c1ccc(-c2ccc(-c3ccc(Nc4cccc(-c5ccc6c(ccc7ccccc76)c5)c4)cc3)s2)cc1. The van der Waals surface area contributed by atoms with E-state index in [9.17, 15) is 0 Å². The maximum absolute atomic E-state index is 3.59. The van der Waals surface area contributed by atoms with E-state index in [1.807, 2.05) is 11.3 Å². The van der Waals surface area contributed by atoms with Crippen LogP contribution in [-0.2, 0) is 0 Å². The molecule has 1 aromatic heterocycles. The van der Waals surface area contributed by atoms with Crippen molar-refractivity contribution in [3.8, 4) is 32.0 Å². The Morgan fingerprint density at radius 1 is 0.368 bits per heavy atom. The van der Waals surface area contributed by atoms with Gasteiger partial charge in [-0.1, -0.05) is 103 Å². The van der Waals surface area contributed by atoms with Gasteiger partial charge in [0, 0.05) is 21.1 Å². The van der Waals surface area contributed by atoms with Crippen molar-refractivity contribution >= 4 is 44.3 Å². The van der Waals surface area contributed by atoms with Gasteiger partial charge < -0.3 is 5.32 Å². The summed E-state index contributed by atoms with van der Waals surface area (Å²) >= 11 is 1.83. The van der Waals surface area contributed by atoms with Crippen molar-refractivity contribution in [2.45, 2.75) is 0 Å². The van der Waals surface area contributed by atoms with E-state index in [-0.39, 0.29) is 0 Å². The van der Waals surface area contributed by atoms with Crippen LogP contribution < -0.4 is 5.32 Å². The molecule has 7 rings (SSSR count). The van der Waals surface area contributed by atoms with Crippen LogP contribution in [0.3, 0.4) is 0 Å². The summed E-state index contributed by atoms with van der Waals surface area (Å²) in [6.07, 6.45) is 0. The molecule has 0 fully saturated rings. The van der Waals surface area contributed by atoms with Crippen LogP contribution in [0.25, 0.3) is 53.6 Å². The Labute approximate surface area is 226 Å². The van der Waals surface area contributed by atoms with Crippen molar-refractivity contribution in [2.75, 3.05) is 5.32 Å². The summed E-state index contributed by atoms with van der Waals surface area (Å²) in [4.78, 5) is 2.57. The first-order valence-electron chi connectivity index (χ1n) is 12.8. The van der Waals surface area contributed by atoms with Gasteiger partial charge in [0.1, 0.15) is 0 Å². The van der Waals surface area contributed by atoms with Crippen molar-refractivity contribution in [2.24, 2.45) is 0 Å². The molecule has 0 bridgehead atoms. The molecule has 1 N–H and O–H groups in total. The number of benzene rings is 6. The lowest BCUT2D eigenvalue weighted by Gasteiger charge is -2.11. The lowest BCUT2D eigenvalue weighted by Crippen LogP contribution is -1.90. The van der Waals surface area contributed by atoms with E-state index in [4.69, 9.17) is 0 Å². The predicted octanol–water partition coefficient (Wildman–Crippen LogP) is 10.8. The maximum Gasteiger partial charge on any atom is 0.0390 e. The molecule has 0 saturated carbocycles. The van der Waals surface area contributed by atoms with Crippen LogP contribution in [0.5, 0.6) is 0 Å². The Morgan fingerprint density at radius 2 is 1.00 bits per heavy atom. The summed E-state index contributed by atoms with van der Waals surface area (Å²) in [5.41, 5.74) is 7.08. The third-order valence-electron chi connectivity index (χ3n) is 7.06. The smallest absolute Gasteiger partial charge is 0.0390 e. The van der Waals surface area contributed by atoms with Crippen LogP contribution >= 0.6 is 11.3 Å². The molecule has 0 amide bonds. The Bertz CT molecular complexity index is 1880. The average molecular weight is 504 g/mol. The van der Waals surface area contributed by atoms with Crippen molar-refractivity contribution in [3.05, 3.63) is 146 Å². The number of fused-ring (bicyclic) bond motifs is 3. The molecule has 2 heteroatoms. The van der Waals surface area contributed by atoms with Gasteiger partial charge >= 0.3 is 0 Å². The van der Waals surface area contributed by atoms with E-state index < -0.39 is 0 Å². The highest BCUT2D eigenvalue weighted by Crippen LogP contribution is 2.35.